The molecule has 1 atom stereocenters. The van der Waals surface area contributed by atoms with Crippen molar-refractivity contribution in [2.24, 2.45) is 0 Å². The number of ether oxygens (including phenoxy) is 3. The van der Waals surface area contributed by atoms with Gasteiger partial charge in [-0.2, -0.15) is 0 Å². The molecule has 0 saturated carbocycles. The molecule has 2 aromatic rings. The van der Waals surface area contributed by atoms with Crippen LogP contribution in [-0.2, 0) is 4.79 Å². The predicted octanol–water partition coefficient (Wildman–Crippen LogP) is 4.28. The van der Waals surface area contributed by atoms with E-state index in [0.29, 0.717) is 29.5 Å². The molecule has 0 aliphatic carbocycles. The Balaban J connectivity index is 2.01. The first kappa shape index (κ1) is 18.6. The van der Waals surface area contributed by atoms with Crippen LogP contribution in [0.15, 0.2) is 48.5 Å². The van der Waals surface area contributed by atoms with Gasteiger partial charge in [-0.1, -0.05) is 37.6 Å². The molecular formula is C20H25NO4. The molecule has 5 heteroatoms. The SMILES string of the molecule is CCCCOc1ccccc1NC(=O)C(C)Oc1ccccc1OC. The van der Waals surface area contributed by atoms with Gasteiger partial charge in [0.15, 0.2) is 17.6 Å². The van der Waals surface area contributed by atoms with Gasteiger partial charge in [0.2, 0.25) is 0 Å². The summed E-state index contributed by atoms with van der Waals surface area (Å²) in [5.74, 6) is 1.52. The van der Waals surface area contributed by atoms with Crippen molar-refractivity contribution in [2.45, 2.75) is 32.8 Å². The number of carbonyl (C=O) groups excluding carboxylic acids is 1. The molecule has 0 aliphatic rings. The van der Waals surface area contributed by atoms with Crippen molar-refractivity contribution in [3.05, 3.63) is 48.5 Å². The monoisotopic (exact) mass is 343 g/mol. The van der Waals surface area contributed by atoms with Crippen LogP contribution in [0.3, 0.4) is 0 Å². The fourth-order valence-corrected chi connectivity index (χ4v) is 2.22. The quantitative estimate of drug-likeness (QED) is 0.691. The molecule has 0 saturated heterocycles. The van der Waals surface area contributed by atoms with Gasteiger partial charge in [-0.3, -0.25) is 4.79 Å². The average molecular weight is 343 g/mol. The summed E-state index contributed by atoms with van der Waals surface area (Å²) in [4.78, 5) is 12.5. The van der Waals surface area contributed by atoms with Crippen LogP contribution in [-0.4, -0.2) is 25.7 Å². The molecule has 0 aliphatic heterocycles. The zero-order valence-corrected chi connectivity index (χ0v) is 15.0. The van der Waals surface area contributed by atoms with Gasteiger partial charge in [-0.15, -0.1) is 0 Å². The highest BCUT2D eigenvalue weighted by atomic mass is 16.5. The van der Waals surface area contributed by atoms with E-state index in [4.69, 9.17) is 14.2 Å². The third-order valence-electron chi connectivity index (χ3n) is 3.64. The van der Waals surface area contributed by atoms with Gasteiger partial charge in [-0.05, 0) is 37.6 Å². The van der Waals surface area contributed by atoms with Gasteiger partial charge in [0, 0.05) is 0 Å². The number of benzene rings is 2. The summed E-state index contributed by atoms with van der Waals surface area (Å²) in [5, 5.41) is 2.87. The Hall–Kier alpha value is -2.69. The molecule has 0 bridgehead atoms. The Bertz CT molecular complexity index is 687. The maximum absolute atomic E-state index is 12.5. The van der Waals surface area contributed by atoms with E-state index in [-0.39, 0.29) is 5.91 Å². The van der Waals surface area contributed by atoms with Crippen LogP contribution in [0.1, 0.15) is 26.7 Å². The number of nitrogens with one attached hydrogen (secondary N) is 1. The zero-order valence-electron chi connectivity index (χ0n) is 15.0. The summed E-state index contributed by atoms with van der Waals surface area (Å²) < 4.78 is 16.7. The zero-order chi connectivity index (χ0) is 18.1. The van der Waals surface area contributed by atoms with Crippen LogP contribution in [0.5, 0.6) is 17.2 Å². The number of rotatable bonds is 9. The van der Waals surface area contributed by atoms with E-state index in [2.05, 4.69) is 12.2 Å². The third-order valence-corrected chi connectivity index (χ3v) is 3.64. The summed E-state index contributed by atoms with van der Waals surface area (Å²) in [7, 11) is 1.57. The molecule has 134 valence electrons. The largest absolute Gasteiger partial charge is 0.493 e. The Morgan fingerprint density at radius 3 is 2.36 bits per heavy atom. The first-order valence-corrected chi connectivity index (χ1v) is 8.48. The molecule has 0 heterocycles. The molecule has 2 rings (SSSR count). The van der Waals surface area contributed by atoms with Gasteiger partial charge >= 0.3 is 0 Å². The fourth-order valence-electron chi connectivity index (χ4n) is 2.22. The minimum Gasteiger partial charge on any atom is -0.493 e. The van der Waals surface area contributed by atoms with Crippen molar-refractivity contribution >= 4 is 11.6 Å². The fraction of sp³-hybridized carbons (Fsp3) is 0.350. The van der Waals surface area contributed by atoms with Crippen molar-refractivity contribution in [3.8, 4) is 17.2 Å². The number of hydrogen-bond acceptors (Lipinski definition) is 4. The summed E-state index contributed by atoms with van der Waals surface area (Å²) in [5.41, 5.74) is 0.638. The number of methoxy groups -OCH3 is 1. The van der Waals surface area contributed by atoms with Crippen molar-refractivity contribution in [2.75, 3.05) is 19.0 Å². The van der Waals surface area contributed by atoms with Crippen molar-refractivity contribution in [1.29, 1.82) is 0 Å². The lowest BCUT2D eigenvalue weighted by molar-refractivity contribution is -0.122. The summed E-state index contributed by atoms with van der Waals surface area (Å²) in [6, 6.07) is 14.6. The highest BCUT2D eigenvalue weighted by Crippen LogP contribution is 2.28. The molecule has 1 amide bonds. The summed E-state index contributed by atoms with van der Waals surface area (Å²) >= 11 is 0. The molecule has 1 N–H and O–H groups in total. The smallest absolute Gasteiger partial charge is 0.265 e. The molecule has 0 spiro atoms. The third kappa shape index (κ3) is 5.41. The number of hydrogen-bond donors (Lipinski definition) is 1. The molecule has 0 aromatic heterocycles. The first-order chi connectivity index (χ1) is 12.2. The molecule has 0 fully saturated rings. The molecule has 5 nitrogen and oxygen atoms in total. The van der Waals surface area contributed by atoms with Crippen molar-refractivity contribution in [3.63, 3.8) is 0 Å². The minimum absolute atomic E-state index is 0.252. The normalized spacial score (nSPS) is 11.5. The second-order valence-electron chi connectivity index (χ2n) is 5.60. The second-order valence-corrected chi connectivity index (χ2v) is 5.60. The van der Waals surface area contributed by atoms with E-state index in [1.54, 1.807) is 26.2 Å². The molecule has 0 radical (unpaired) electrons. The van der Waals surface area contributed by atoms with Crippen LogP contribution < -0.4 is 19.5 Å². The first-order valence-electron chi connectivity index (χ1n) is 8.48. The molecular weight excluding hydrogens is 318 g/mol. The van der Waals surface area contributed by atoms with Crippen LogP contribution in [0.25, 0.3) is 0 Å². The lowest BCUT2D eigenvalue weighted by Gasteiger charge is -2.18. The van der Waals surface area contributed by atoms with Gasteiger partial charge in [0.05, 0.1) is 19.4 Å². The van der Waals surface area contributed by atoms with Crippen molar-refractivity contribution < 1.29 is 19.0 Å². The number of para-hydroxylation sites is 4. The molecule has 1 unspecified atom stereocenters. The van der Waals surface area contributed by atoms with Crippen LogP contribution >= 0.6 is 0 Å². The van der Waals surface area contributed by atoms with Gasteiger partial charge < -0.3 is 19.5 Å². The van der Waals surface area contributed by atoms with E-state index in [0.717, 1.165) is 12.8 Å². The Morgan fingerprint density at radius 2 is 1.68 bits per heavy atom. The maximum atomic E-state index is 12.5. The molecule has 2 aromatic carbocycles. The van der Waals surface area contributed by atoms with Crippen LogP contribution in [0, 0.1) is 0 Å². The topological polar surface area (TPSA) is 56.8 Å². The standard InChI is InChI=1S/C20H25NO4/c1-4-5-14-24-17-11-7-6-10-16(17)21-20(22)15(2)25-19-13-9-8-12-18(19)23-3/h6-13,15H,4-5,14H2,1-3H3,(H,21,22). The Morgan fingerprint density at radius 1 is 1.04 bits per heavy atom. The highest BCUT2D eigenvalue weighted by Gasteiger charge is 2.18. The van der Waals surface area contributed by atoms with Crippen molar-refractivity contribution in [1.82, 2.24) is 0 Å². The maximum Gasteiger partial charge on any atom is 0.265 e. The van der Waals surface area contributed by atoms with E-state index < -0.39 is 6.10 Å². The average Bonchev–Trinajstić information content (AvgIpc) is 2.63. The van der Waals surface area contributed by atoms with E-state index in [9.17, 15) is 4.79 Å². The minimum atomic E-state index is -0.681. The van der Waals surface area contributed by atoms with Gasteiger partial charge in [0.1, 0.15) is 5.75 Å². The summed E-state index contributed by atoms with van der Waals surface area (Å²) in [6.07, 6.45) is 1.34. The Kier molecular flexibility index (Phi) is 7.14. The van der Waals surface area contributed by atoms with Crippen LogP contribution in [0.4, 0.5) is 5.69 Å². The number of anilines is 1. The highest BCUT2D eigenvalue weighted by molar-refractivity contribution is 5.95. The second kappa shape index (κ2) is 9.57. The number of unbranched alkanes of at least 4 members (excludes halogenated alkanes) is 1. The number of amides is 1. The summed E-state index contributed by atoms with van der Waals surface area (Å²) in [6.45, 7) is 4.42. The Labute approximate surface area is 148 Å². The van der Waals surface area contributed by atoms with E-state index >= 15 is 0 Å². The van der Waals surface area contributed by atoms with Gasteiger partial charge in [0.25, 0.3) is 5.91 Å². The number of carbonyl (C=O) groups is 1. The van der Waals surface area contributed by atoms with Gasteiger partial charge in [-0.25, -0.2) is 0 Å². The van der Waals surface area contributed by atoms with Crippen LogP contribution in [0.2, 0.25) is 0 Å². The van der Waals surface area contributed by atoms with E-state index in [1.807, 2.05) is 36.4 Å². The predicted molar refractivity (Wildman–Crippen MR) is 98.6 cm³/mol. The lowest BCUT2D eigenvalue weighted by atomic mass is 10.2. The lowest BCUT2D eigenvalue weighted by Crippen LogP contribution is -2.30. The van der Waals surface area contributed by atoms with E-state index in [1.165, 1.54) is 0 Å². The molecule has 25 heavy (non-hydrogen) atoms.